The maximum atomic E-state index is 12.8. The van der Waals surface area contributed by atoms with E-state index in [9.17, 15) is 34.6 Å². The summed E-state index contributed by atoms with van der Waals surface area (Å²) < 4.78 is 16.5. The first-order valence-electron chi connectivity index (χ1n) is 15.4. The van der Waals surface area contributed by atoms with Gasteiger partial charge in [-0.3, -0.25) is 9.59 Å². The van der Waals surface area contributed by atoms with E-state index in [0.717, 1.165) is 38.5 Å². The zero-order chi connectivity index (χ0) is 32.8. The van der Waals surface area contributed by atoms with E-state index < -0.39 is 41.4 Å². The minimum Gasteiger partial charge on any atom is -0.463 e. The van der Waals surface area contributed by atoms with Crippen molar-refractivity contribution in [2.45, 2.75) is 76.4 Å². The van der Waals surface area contributed by atoms with Crippen LogP contribution in [0.25, 0.3) is 0 Å². The molecule has 0 N–H and O–H groups in total. The molecular weight excluding hydrogens is 604 g/mol. The number of hydrogen-bond acceptors (Lipinski definition) is 12. The van der Waals surface area contributed by atoms with Crippen molar-refractivity contribution < 1.29 is 48.4 Å². The topological polar surface area (TPSA) is 184 Å². The molecule has 2 aromatic carbocycles. The summed E-state index contributed by atoms with van der Waals surface area (Å²) in [6.07, 6.45) is 3.03. The predicted molar refractivity (Wildman–Crippen MR) is 157 cm³/mol. The van der Waals surface area contributed by atoms with Crippen molar-refractivity contribution in [3.05, 3.63) is 85.4 Å². The summed E-state index contributed by atoms with van der Waals surface area (Å²) in [6.45, 7) is 0.734. The largest absolute Gasteiger partial charge is 0.463 e. The number of nitrogens with zero attached hydrogens (tertiary/aromatic N) is 2. The number of esters is 3. The lowest BCUT2D eigenvalue weighted by atomic mass is 9.55. The third-order valence-electron chi connectivity index (χ3n) is 9.67. The molecule has 246 valence electrons. The molecule has 0 radical (unpaired) electrons. The second kappa shape index (κ2) is 14.1. The number of fused-ring (bicyclic) bond motifs is 5. The number of ether oxygens (including phenoxy) is 3. The van der Waals surface area contributed by atoms with Crippen LogP contribution in [-0.4, -0.2) is 53.5 Å². The van der Waals surface area contributed by atoms with Gasteiger partial charge in [0.2, 0.25) is 0 Å². The molecule has 6 atom stereocenters. The van der Waals surface area contributed by atoms with Crippen LogP contribution < -0.4 is 4.74 Å². The van der Waals surface area contributed by atoms with Gasteiger partial charge in [-0.05, 0) is 91.7 Å². The standard InChI is InChI=1S/C32H36N2O12/c1-32-16-15-25-24-10-8-22(44-31(37)20-5-3-2-4-6-20)17-21(24)7-9-26(25)27(32)11-12-28(32)45-30(36)14-13-29(35)42-18-23(46-34(40)41)19-43-33(38)39/h2-6,8,10,17,23,25-28H,7,9,11-16,18-19H2,1H3/t23-,25-,26-,27+,28+,32+/m1/s1. The van der Waals surface area contributed by atoms with Gasteiger partial charge in [-0.15, -0.1) is 20.2 Å². The van der Waals surface area contributed by atoms with Gasteiger partial charge in [0.25, 0.3) is 10.2 Å². The molecule has 5 rings (SSSR count). The summed E-state index contributed by atoms with van der Waals surface area (Å²) in [5.74, 6) is -0.0192. The first-order chi connectivity index (χ1) is 22.0. The molecule has 0 aliphatic heterocycles. The average Bonchev–Trinajstić information content (AvgIpc) is 3.36. The van der Waals surface area contributed by atoms with Crippen LogP contribution in [0.1, 0.15) is 79.3 Å². The number of carbonyl (C=O) groups is 3. The van der Waals surface area contributed by atoms with Gasteiger partial charge in [-0.25, -0.2) is 4.79 Å². The summed E-state index contributed by atoms with van der Waals surface area (Å²) >= 11 is 0. The van der Waals surface area contributed by atoms with Gasteiger partial charge >= 0.3 is 17.9 Å². The SMILES string of the molecule is C[C@]12CC[C@@H]3c4ccc(OC(=O)c5ccccc5)cc4CC[C@H]3[C@@H]1CC[C@@H]2OC(=O)CCC(=O)OC[C@H](CO[N+](=O)[O-])O[N+](=O)[O-]. The van der Waals surface area contributed by atoms with Crippen molar-refractivity contribution in [3.63, 3.8) is 0 Å². The zero-order valence-electron chi connectivity index (χ0n) is 25.4. The van der Waals surface area contributed by atoms with Gasteiger partial charge in [-0.1, -0.05) is 31.2 Å². The highest BCUT2D eigenvalue weighted by Crippen LogP contribution is 2.61. The van der Waals surface area contributed by atoms with Crippen LogP contribution >= 0.6 is 0 Å². The lowest BCUT2D eigenvalue weighted by molar-refractivity contribution is -0.790. The predicted octanol–water partition coefficient (Wildman–Crippen LogP) is 4.78. The lowest BCUT2D eigenvalue weighted by Crippen LogP contribution is -2.45. The Morgan fingerprint density at radius 1 is 0.935 bits per heavy atom. The van der Waals surface area contributed by atoms with Crippen LogP contribution in [0.3, 0.4) is 0 Å². The lowest BCUT2D eigenvalue weighted by Gasteiger charge is -2.50. The second-order valence-electron chi connectivity index (χ2n) is 12.3. The molecule has 3 aliphatic rings. The normalized spacial score (nSPS) is 25.1. The Morgan fingerprint density at radius 3 is 2.43 bits per heavy atom. The molecule has 0 saturated heterocycles. The van der Waals surface area contributed by atoms with Gasteiger partial charge in [0.05, 0.1) is 18.4 Å². The molecule has 0 amide bonds. The molecule has 0 aromatic heterocycles. The monoisotopic (exact) mass is 640 g/mol. The van der Waals surface area contributed by atoms with E-state index in [1.807, 2.05) is 18.2 Å². The molecule has 0 bridgehead atoms. The van der Waals surface area contributed by atoms with E-state index in [4.69, 9.17) is 14.2 Å². The Morgan fingerprint density at radius 2 is 1.70 bits per heavy atom. The first-order valence-corrected chi connectivity index (χ1v) is 15.4. The minimum absolute atomic E-state index is 0.190. The fourth-order valence-electron chi connectivity index (χ4n) is 7.56. The van der Waals surface area contributed by atoms with Gasteiger partial charge in [-0.2, -0.15) is 0 Å². The molecule has 2 fully saturated rings. The van der Waals surface area contributed by atoms with Crippen LogP contribution in [0.5, 0.6) is 5.75 Å². The summed E-state index contributed by atoms with van der Waals surface area (Å²) in [7, 11) is 0. The molecule has 3 aliphatic carbocycles. The molecule has 2 saturated carbocycles. The number of carbonyl (C=O) groups excluding carboxylic acids is 3. The molecule has 0 spiro atoms. The average molecular weight is 641 g/mol. The Kier molecular flexibility index (Phi) is 10.0. The third kappa shape index (κ3) is 7.54. The van der Waals surface area contributed by atoms with Crippen molar-refractivity contribution in [2.24, 2.45) is 17.3 Å². The Bertz CT molecular complexity index is 1470. The van der Waals surface area contributed by atoms with Crippen LogP contribution in [0.15, 0.2) is 48.5 Å². The van der Waals surface area contributed by atoms with Gasteiger partial charge in [0, 0.05) is 5.41 Å². The van der Waals surface area contributed by atoms with Gasteiger partial charge < -0.3 is 23.9 Å². The fourth-order valence-corrected chi connectivity index (χ4v) is 7.56. The van der Waals surface area contributed by atoms with Crippen molar-refractivity contribution in [3.8, 4) is 5.75 Å². The molecule has 0 heterocycles. The summed E-state index contributed by atoms with van der Waals surface area (Å²) in [5, 5.41) is 18.6. The number of aryl methyl sites for hydroxylation is 1. The molecular formula is C32H36N2O12. The van der Waals surface area contributed by atoms with Crippen molar-refractivity contribution >= 4 is 17.9 Å². The molecule has 2 aromatic rings. The van der Waals surface area contributed by atoms with E-state index >= 15 is 0 Å². The van der Waals surface area contributed by atoms with Crippen molar-refractivity contribution in [1.29, 1.82) is 0 Å². The van der Waals surface area contributed by atoms with Crippen LogP contribution in [0.4, 0.5) is 0 Å². The maximum absolute atomic E-state index is 12.8. The number of benzene rings is 2. The quantitative estimate of drug-likeness (QED) is 0.126. The Hall–Kier alpha value is -4.75. The van der Waals surface area contributed by atoms with Crippen LogP contribution in [0, 0.1) is 37.5 Å². The van der Waals surface area contributed by atoms with Crippen molar-refractivity contribution in [2.75, 3.05) is 13.2 Å². The van der Waals surface area contributed by atoms with Crippen molar-refractivity contribution in [1.82, 2.24) is 0 Å². The minimum atomic E-state index is -1.49. The fraction of sp³-hybridized carbons (Fsp3) is 0.531. The van der Waals surface area contributed by atoms with Gasteiger partial charge in [0.1, 0.15) is 25.1 Å². The van der Waals surface area contributed by atoms with Gasteiger partial charge in [0.15, 0.2) is 6.10 Å². The summed E-state index contributed by atoms with van der Waals surface area (Å²) in [6, 6.07) is 14.8. The third-order valence-corrected chi connectivity index (χ3v) is 9.67. The Balaban J connectivity index is 1.12. The van der Waals surface area contributed by atoms with Crippen LogP contribution in [0.2, 0.25) is 0 Å². The smallest absolute Gasteiger partial charge is 0.343 e. The van der Waals surface area contributed by atoms with Crippen LogP contribution in [-0.2, 0) is 35.2 Å². The Labute approximate surface area is 264 Å². The molecule has 46 heavy (non-hydrogen) atoms. The van der Waals surface area contributed by atoms with E-state index in [-0.39, 0.29) is 30.3 Å². The molecule has 14 nitrogen and oxygen atoms in total. The summed E-state index contributed by atoms with van der Waals surface area (Å²) in [5.41, 5.74) is 2.81. The zero-order valence-corrected chi connectivity index (χ0v) is 25.4. The highest BCUT2D eigenvalue weighted by atomic mass is 17.0. The second-order valence-corrected chi connectivity index (χ2v) is 12.3. The molecule has 0 unspecified atom stereocenters. The first kappa shape index (κ1) is 32.6. The highest BCUT2D eigenvalue weighted by Gasteiger charge is 2.56. The van der Waals surface area contributed by atoms with E-state index in [0.29, 0.717) is 29.1 Å². The van der Waals surface area contributed by atoms with E-state index in [1.54, 1.807) is 24.3 Å². The highest BCUT2D eigenvalue weighted by molar-refractivity contribution is 5.91. The van der Waals surface area contributed by atoms with E-state index in [2.05, 4.69) is 22.7 Å². The number of hydrogen-bond donors (Lipinski definition) is 0. The van der Waals surface area contributed by atoms with E-state index in [1.165, 1.54) is 11.1 Å². The maximum Gasteiger partial charge on any atom is 0.343 e. The molecule has 14 heteroatoms. The number of rotatable bonds is 13. The summed E-state index contributed by atoms with van der Waals surface area (Å²) in [4.78, 5) is 66.6.